The third kappa shape index (κ3) is 9.95. The number of anilines is 1. The Morgan fingerprint density at radius 1 is 0.925 bits per heavy atom. The van der Waals surface area contributed by atoms with Gasteiger partial charge in [-0.1, -0.05) is 75.7 Å². The van der Waals surface area contributed by atoms with Crippen molar-refractivity contribution >= 4 is 23.8 Å². The molecule has 0 saturated heterocycles. The number of nitrogens with one attached hydrogen (secondary N) is 1. The normalized spacial score (nSPS) is 11.7. The van der Waals surface area contributed by atoms with Gasteiger partial charge in [-0.05, 0) is 92.0 Å². The first kappa shape index (κ1) is 31.1. The molecule has 2 aromatic carbocycles. The van der Waals surface area contributed by atoms with E-state index in [-0.39, 0.29) is 0 Å². The van der Waals surface area contributed by atoms with Crippen LogP contribution in [-0.2, 0) is 29.0 Å². The molecule has 0 amide bonds. The van der Waals surface area contributed by atoms with E-state index < -0.39 is 11.4 Å². The van der Waals surface area contributed by atoms with Gasteiger partial charge in [-0.15, -0.1) is 0 Å². The summed E-state index contributed by atoms with van der Waals surface area (Å²) in [6.07, 6.45) is 11.5. The average molecular weight is 543 g/mol. The highest BCUT2D eigenvalue weighted by atomic mass is 16.5. The lowest BCUT2D eigenvalue weighted by Crippen LogP contribution is -2.31. The van der Waals surface area contributed by atoms with Crippen LogP contribution in [0, 0.1) is 5.41 Å². The van der Waals surface area contributed by atoms with Gasteiger partial charge in [-0.25, -0.2) is 0 Å². The van der Waals surface area contributed by atoms with Crippen LogP contribution in [0.2, 0.25) is 0 Å². The third-order valence-corrected chi connectivity index (χ3v) is 7.72. The van der Waals surface area contributed by atoms with Crippen molar-refractivity contribution in [2.45, 2.75) is 78.7 Å². The maximum absolute atomic E-state index is 11.7. The van der Waals surface area contributed by atoms with Crippen LogP contribution in [-0.4, -0.2) is 29.2 Å². The summed E-state index contributed by atoms with van der Waals surface area (Å²) in [5.74, 6) is -0.708. The summed E-state index contributed by atoms with van der Waals surface area (Å²) in [6.45, 7) is 7.99. The number of pyridine rings is 1. The molecule has 0 atom stereocenters. The Balaban J connectivity index is 1.42. The van der Waals surface area contributed by atoms with Crippen LogP contribution < -0.4 is 5.32 Å². The lowest BCUT2D eigenvalue weighted by Gasteiger charge is -2.26. The number of benzene rings is 2. The first-order chi connectivity index (χ1) is 19.5. The first-order valence-corrected chi connectivity index (χ1v) is 14.8. The van der Waals surface area contributed by atoms with Crippen LogP contribution in [0.15, 0.2) is 66.7 Å². The fourth-order valence-corrected chi connectivity index (χ4v) is 4.94. The molecule has 1 aromatic heterocycles. The number of carbonyl (C=O) groups is 1. The van der Waals surface area contributed by atoms with Crippen LogP contribution in [0.5, 0.6) is 0 Å². The minimum absolute atomic E-state index is 0.514. The van der Waals surface area contributed by atoms with Crippen molar-refractivity contribution in [1.82, 2.24) is 4.98 Å². The van der Waals surface area contributed by atoms with E-state index in [1.165, 1.54) is 17.5 Å². The van der Waals surface area contributed by atoms with Crippen LogP contribution in [0.1, 0.15) is 87.4 Å². The number of carboxylic acid groups (broad SMARTS) is 1. The molecule has 0 bridgehead atoms. The van der Waals surface area contributed by atoms with Gasteiger partial charge in [-0.2, -0.15) is 0 Å². The molecule has 40 heavy (non-hydrogen) atoms. The summed E-state index contributed by atoms with van der Waals surface area (Å²) in [5.41, 5.74) is 6.02. The molecule has 0 fully saturated rings. The number of nitrogens with zero attached hydrogens (tertiary/aromatic N) is 1. The van der Waals surface area contributed by atoms with Crippen LogP contribution in [0.3, 0.4) is 0 Å². The van der Waals surface area contributed by atoms with Crippen molar-refractivity contribution in [3.05, 3.63) is 94.8 Å². The average Bonchev–Trinajstić information content (AvgIpc) is 2.97. The number of rotatable bonds is 18. The quantitative estimate of drug-likeness (QED) is 0.158. The van der Waals surface area contributed by atoms with Crippen molar-refractivity contribution < 1.29 is 14.6 Å². The van der Waals surface area contributed by atoms with E-state index in [0.29, 0.717) is 32.4 Å². The molecule has 214 valence electrons. The largest absolute Gasteiger partial charge is 0.481 e. The molecular formula is C35H46N2O3. The van der Waals surface area contributed by atoms with Crippen LogP contribution in [0.4, 0.5) is 5.69 Å². The maximum Gasteiger partial charge on any atom is 0.309 e. The number of hydrogen-bond acceptors (Lipinski definition) is 4. The number of aryl methyl sites for hydroxylation is 2. The van der Waals surface area contributed by atoms with E-state index in [9.17, 15) is 9.90 Å². The highest BCUT2D eigenvalue weighted by Crippen LogP contribution is 2.31. The predicted octanol–water partition coefficient (Wildman–Crippen LogP) is 8.44. The second-order valence-corrected chi connectivity index (χ2v) is 10.6. The van der Waals surface area contributed by atoms with Gasteiger partial charge >= 0.3 is 5.97 Å². The van der Waals surface area contributed by atoms with E-state index in [1.807, 2.05) is 62.4 Å². The number of carboxylic acids is 1. The molecular weight excluding hydrogens is 496 g/mol. The molecule has 2 N–H and O–H groups in total. The summed E-state index contributed by atoms with van der Waals surface area (Å²) in [6, 6.07) is 23.2. The molecule has 1 heterocycles. The van der Waals surface area contributed by atoms with E-state index in [0.717, 1.165) is 54.9 Å². The van der Waals surface area contributed by atoms with Gasteiger partial charge in [0.15, 0.2) is 0 Å². The number of aromatic nitrogens is 1. The number of aliphatic carboxylic acids is 1. The topological polar surface area (TPSA) is 71.5 Å². The monoisotopic (exact) mass is 542 g/mol. The maximum atomic E-state index is 11.7. The Bertz CT molecular complexity index is 1200. The van der Waals surface area contributed by atoms with Crippen molar-refractivity contribution in [3.8, 4) is 0 Å². The van der Waals surface area contributed by atoms with Crippen LogP contribution >= 0.6 is 0 Å². The minimum atomic E-state index is -0.708. The fraction of sp³-hybridized carbons (Fsp3) is 0.429. The predicted molar refractivity (Wildman–Crippen MR) is 166 cm³/mol. The van der Waals surface area contributed by atoms with Gasteiger partial charge in [-0.3, -0.25) is 9.78 Å². The standard InChI is InChI=1S/C35H46N2O3/c1-4-11-28-17-19-29(20-18-28)12-7-8-25-40-27-33-16-10-14-31(37-33)22-21-30-13-9-15-32(26-30)36-24-23-35(5-2,6-3)34(38)39/h9-10,13-22,26,36H,4-8,11-12,23-25,27H2,1-3H3,(H,38,39). The molecule has 5 heteroatoms. The molecule has 3 rings (SSSR count). The Morgan fingerprint density at radius 2 is 1.65 bits per heavy atom. The molecule has 0 unspecified atom stereocenters. The third-order valence-electron chi connectivity index (χ3n) is 7.72. The second kappa shape index (κ2) is 16.6. The first-order valence-electron chi connectivity index (χ1n) is 14.8. The number of ether oxygens (including phenoxy) is 1. The molecule has 0 aliphatic heterocycles. The summed E-state index contributed by atoms with van der Waals surface area (Å²) in [4.78, 5) is 16.5. The van der Waals surface area contributed by atoms with Gasteiger partial charge in [0, 0.05) is 18.8 Å². The number of hydrogen-bond donors (Lipinski definition) is 2. The zero-order chi connectivity index (χ0) is 28.6. The van der Waals surface area contributed by atoms with Gasteiger partial charge in [0.2, 0.25) is 0 Å². The van der Waals surface area contributed by atoms with Crippen molar-refractivity contribution in [2.75, 3.05) is 18.5 Å². The van der Waals surface area contributed by atoms with Gasteiger partial charge in [0.25, 0.3) is 0 Å². The van der Waals surface area contributed by atoms with Gasteiger partial charge in [0.1, 0.15) is 0 Å². The zero-order valence-electron chi connectivity index (χ0n) is 24.5. The van der Waals surface area contributed by atoms with Gasteiger partial charge in [0.05, 0.1) is 23.4 Å². The zero-order valence-corrected chi connectivity index (χ0v) is 24.5. The van der Waals surface area contributed by atoms with E-state index in [1.54, 1.807) is 0 Å². The van der Waals surface area contributed by atoms with E-state index in [4.69, 9.17) is 9.72 Å². The second-order valence-electron chi connectivity index (χ2n) is 10.6. The van der Waals surface area contributed by atoms with Crippen molar-refractivity contribution in [3.63, 3.8) is 0 Å². The molecule has 0 aliphatic rings. The SMILES string of the molecule is CCCc1ccc(CCCCOCc2cccc(C=Cc3cccc(NCCC(CC)(CC)C(=O)O)c3)n2)cc1. The minimum Gasteiger partial charge on any atom is -0.481 e. The Kier molecular flexibility index (Phi) is 12.9. The highest BCUT2D eigenvalue weighted by Gasteiger charge is 2.34. The Morgan fingerprint density at radius 3 is 2.35 bits per heavy atom. The van der Waals surface area contributed by atoms with E-state index in [2.05, 4.69) is 42.6 Å². The number of unbranched alkanes of at least 4 members (excludes halogenated alkanes) is 1. The Labute approximate surface area is 240 Å². The van der Waals surface area contributed by atoms with E-state index >= 15 is 0 Å². The molecule has 0 radical (unpaired) electrons. The molecule has 0 spiro atoms. The smallest absolute Gasteiger partial charge is 0.309 e. The lowest BCUT2D eigenvalue weighted by molar-refractivity contribution is -0.149. The summed E-state index contributed by atoms with van der Waals surface area (Å²) < 4.78 is 5.90. The summed E-state index contributed by atoms with van der Waals surface area (Å²) in [7, 11) is 0. The van der Waals surface area contributed by atoms with Crippen molar-refractivity contribution in [1.29, 1.82) is 0 Å². The highest BCUT2D eigenvalue weighted by molar-refractivity contribution is 5.74. The van der Waals surface area contributed by atoms with Crippen LogP contribution in [0.25, 0.3) is 12.2 Å². The fourth-order valence-electron chi connectivity index (χ4n) is 4.94. The summed E-state index contributed by atoms with van der Waals surface area (Å²) >= 11 is 0. The van der Waals surface area contributed by atoms with Crippen molar-refractivity contribution in [2.24, 2.45) is 5.41 Å². The molecule has 5 nitrogen and oxygen atoms in total. The molecule has 3 aromatic rings. The lowest BCUT2D eigenvalue weighted by atomic mass is 9.79. The van der Waals surface area contributed by atoms with Gasteiger partial charge < -0.3 is 15.2 Å². The summed E-state index contributed by atoms with van der Waals surface area (Å²) in [5, 5.41) is 13.0. The molecule has 0 aliphatic carbocycles. The Hall–Kier alpha value is -3.44. The molecule has 0 saturated carbocycles.